The van der Waals surface area contributed by atoms with Crippen molar-refractivity contribution in [3.63, 3.8) is 0 Å². The van der Waals surface area contributed by atoms with Gasteiger partial charge in [0.1, 0.15) is 12.1 Å². The highest BCUT2D eigenvalue weighted by atomic mass is 32.1. The molecule has 0 aliphatic rings. The summed E-state index contributed by atoms with van der Waals surface area (Å²) in [5, 5.41) is 3.26. The van der Waals surface area contributed by atoms with Crippen LogP contribution in [0.3, 0.4) is 0 Å². The minimum absolute atomic E-state index is 0.775. The Morgan fingerprint density at radius 2 is 1.73 bits per heavy atom. The fraction of sp³-hybridized carbons (Fsp3) is 0. The van der Waals surface area contributed by atoms with Crippen LogP contribution in [-0.2, 0) is 0 Å². The van der Waals surface area contributed by atoms with Crippen LogP contribution in [0.15, 0.2) is 67.1 Å². The molecule has 4 rings (SSSR count). The normalized spacial score (nSPS) is 10.7. The number of nitrogens with zero attached hydrogens (tertiary/aromatic N) is 3. The van der Waals surface area contributed by atoms with E-state index in [1.807, 2.05) is 36.4 Å². The smallest absolute Gasteiger partial charge is 0.153 e. The van der Waals surface area contributed by atoms with Crippen LogP contribution in [-0.4, -0.2) is 15.0 Å². The van der Waals surface area contributed by atoms with E-state index in [1.54, 1.807) is 23.9 Å². The Kier molecular flexibility index (Phi) is 3.25. The maximum Gasteiger partial charge on any atom is 0.153 e. The third kappa shape index (κ3) is 2.42. The summed E-state index contributed by atoms with van der Waals surface area (Å²) >= 11 is 1.68. The van der Waals surface area contributed by atoms with Gasteiger partial charge in [-0.1, -0.05) is 36.4 Å². The summed E-state index contributed by atoms with van der Waals surface area (Å²) < 4.78 is 1.03. The lowest BCUT2D eigenvalue weighted by molar-refractivity contribution is 1.21. The molecular weight excluding hydrogens is 292 g/mol. The molecule has 3 heterocycles. The molecule has 0 radical (unpaired) electrons. The standard InChI is InChI=1S/C17H12N4S/c1-2-6-12(7-3-1)14-10-13-16(22-14)17(20-11-19-13)21-15-8-4-5-9-18-15/h1-11H,(H,18,19,20,21). The van der Waals surface area contributed by atoms with Crippen molar-refractivity contribution in [2.75, 3.05) is 5.32 Å². The fourth-order valence-electron chi connectivity index (χ4n) is 2.25. The van der Waals surface area contributed by atoms with E-state index in [0.717, 1.165) is 21.9 Å². The number of thiophene rings is 1. The molecule has 0 amide bonds. The number of nitrogens with one attached hydrogen (secondary N) is 1. The van der Waals surface area contributed by atoms with Crippen molar-refractivity contribution in [3.8, 4) is 10.4 Å². The monoisotopic (exact) mass is 304 g/mol. The molecule has 3 aromatic heterocycles. The first kappa shape index (κ1) is 12.9. The number of fused-ring (bicyclic) bond motifs is 1. The maximum absolute atomic E-state index is 4.37. The summed E-state index contributed by atoms with van der Waals surface area (Å²) in [6.45, 7) is 0. The lowest BCUT2D eigenvalue weighted by Crippen LogP contribution is -1.95. The molecule has 0 bridgehead atoms. The molecule has 0 saturated carbocycles. The second-order valence-corrected chi connectivity index (χ2v) is 5.81. The minimum atomic E-state index is 0.775. The number of pyridine rings is 1. The van der Waals surface area contributed by atoms with Gasteiger partial charge in [0.25, 0.3) is 0 Å². The van der Waals surface area contributed by atoms with Crippen LogP contribution in [0.5, 0.6) is 0 Å². The van der Waals surface area contributed by atoms with Gasteiger partial charge in [-0.05, 0) is 23.8 Å². The van der Waals surface area contributed by atoms with Crippen LogP contribution in [0.1, 0.15) is 0 Å². The third-order valence-electron chi connectivity index (χ3n) is 3.28. The Morgan fingerprint density at radius 1 is 0.864 bits per heavy atom. The first-order valence-electron chi connectivity index (χ1n) is 6.88. The van der Waals surface area contributed by atoms with Gasteiger partial charge in [-0.25, -0.2) is 15.0 Å². The number of hydrogen-bond donors (Lipinski definition) is 1. The molecule has 1 aromatic carbocycles. The van der Waals surface area contributed by atoms with Gasteiger partial charge < -0.3 is 5.32 Å². The zero-order chi connectivity index (χ0) is 14.8. The molecule has 0 fully saturated rings. The van der Waals surface area contributed by atoms with Gasteiger partial charge >= 0.3 is 0 Å². The molecule has 0 aliphatic carbocycles. The molecular formula is C17H12N4S. The highest BCUT2D eigenvalue weighted by molar-refractivity contribution is 7.22. The van der Waals surface area contributed by atoms with Crippen molar-refractivity contribution in [2.24, 2.45) is 0 Å². The zero-order valence-corrected chi connectivity index (χ0v) is 12.4. The number of rotatable bonds is 3. The Labute approximate surface area is 131 Å². The second kappa shape index (κ2) is 5.54. The summed E-state index contributed by atoms with van der Waals surface area (Å²) in [4.78, 5) is 14.2. The molecule has 0 saturated heterocycles. The first-order valence-corrected chi connectivity index (χ1v) is 7.70. The largest absolute Gasteiger partial charge is 0.324 e. The van der Waals surface area contributed by atoms with Crippen LogP contribution in [0.4, 0.5) is 11.6 Å². The number of hydrogen-bond acceptors (Lipinski definition) is 5. The van der Waals surface area contributed by atoms with E-state index in [1.165, 1.54) is 10.4 Å². The first-order chi connectivity index (χ1) is 10.9. The van der Waals surface area contributed by atoms with Crippen LogP contribution in [0.2, 0.25) is 0 Å². The van der Waals surface area contributed by atoms with E-state index < -0.39 is 0 Å². The van der Waals surface area contributed by atoms with E-state index in [2.05, 4.69) is 38.5 Å². The summed E-state index contributed by atoms with van der Waals surface area (Å²) in [6.07, 6.45) is 3.33. The second-order valence-electron chi connectivity index (χ2n) is 4.75. The topological polar surface area (TPSA) is 50.7 Å². The van der Waals surface area contributed by atoms with E-state index >= 15 is 0 Å². The van der Waals surface area contributed by atoms with Gasteiger partial charge in [0, 0.05) is 11.1 Å². The zero-order valence-electron chi connectivity index (χ0n) is 11.6. The fourth-order valence-corrected chi connectivity index (χ4v) is 3.31. The third-order valence-corrected chi connectivity index (χ3v) is 4.46. The van der Waals surface area contributed by atoms with Crippen molar-refractivity contribution in [1.29, 1.82) is 0 Å². The SMILES string of the molecule is c1ccc(-c2cc3ncnc(Nc4ccccn4)c3s2)cc1. The molecule has 0 spiro atoms. The highest BCUT2D eigenvalue weighted by Gasteiger charge is 2.10. The molecule has 1 N–H and O–H groups in total. The average Bonchev–Trinajstić information content (AvgIpc) is 3.02. The van der Waals surface area contributed by atoms with Crippen LogP contribution in [0, 0.1) is 0 Å². The van der Waals surface area contributed by atoms with Gasteiger partial charge in [-0.2, -0.15) is 0 Å². The predicted octanol–water partition coefficient (Wildman–Crippen LogP) is 4.50. The Balaban J connectivity index is 1.78. The predicted molar refractivity (Wildman–Crippen MR) is 90.4 cm³/mol. The minimum Gasteiger partial charge on any atom is -0.324 e. The molecule has 0 unspecified atom stereocenters. The molecule has 106 valence electrons. The lowest BCUT2D eigenvalue weighted by Gasteiger charge is -2.04. The van der Waals surface area contributed by atoms with Crippen molar-refractivity contribution < 1.29 is 0 Å². The molecule has 0 atom stereocenters. The Morgan fingerprint density at radius 3 is 2.55 bits per heavy atom. The average molecular weight is 304 g/mol. The summed E-state index contributed by atoms with van der Waals surface area (Å²) in [6, 6.07) is 18.1. The molecule has 4 aromatic rings. The van der Waals surface area contributed by atoms with Crippen molar-refractivity contribution in [1.82, 2.24) is 15.0 Å². The number of benzene rings is 1. The number of anilines is 2. The van der Waals surface area contributed by atoms with Crippen molar-refractivity contribution in [2.45, 2.75) is 0 Å². The van der Waals surface area contributed by atoms with E-state index in [9.17, 15) is 0 Å². The molecule has 5 heteroatoms. The Hall–Kier alpha value is -2.79. The summed E-state index contributed by atoms with van der Waals surface area (Å²) in [7, 11) is 0. The molecule has 4 nitrogen and oxygen atoms in total. The highest BCUT2D eigenvalue weighted by Crippen LogP contribution is 2.36. The molecule has 22 heavy (non-hydrogen) atoms. The van der Waals surface area contributed by atoms with Crippen LogP contribution in [0.25, 0.3) is 20.7 Å². The van der Waals surface area contributed by atoms with Gasteiger partial charge in [0.15, 0.2) is 5.82 Å². The Bertz CT molecular complexity index is 904. The van der Waals surface area contributed by atoms with Crippen molar-refractivity contribution >= 4 is 33.2 Å². The van der Waals surface area contributed by atoms with Crippen LogP contribution >= 0.6 is 11.3 Å². The molecule has 0 aliphatic heterocycles. The van der Waals surface area contributed by atoms with Gasteiger partial charge in [0.05, 0.1) is 10.2 Å². The van der Waals surface area contributed by atoms with E-state index in [4.69, 9.17) is 0 Å². The van der Waals surface area contributed by atoms with Crippen LogP contribution < -0.4 is 5.32 Å². The van der Waals surface area contributed by atoms with Gasteiger partial charge in [-0.15, -0.1) is 11.3 Å². The number of aromatic nitrogens is 3. The van der Waals surface area contributed by atoms with Gasteiger partial charge in [-0.3, -0.25) is 0 Å². The lowest BCUT2D eigenvalue weighted by atomic mass is 10.2. The summed E-state index contributed by atoms with van der Waals surface area (Å²) in [5.41, 5.74) is 2.13. The maximum atomic E-state index is 4.37. The van der Waals surface area contributed by atoms with Gasteiger partial charge in [0.2, 0.25) is 0 Å². The van der Waals surface area contributed by atoms with Crippen molar-refractivity contribution in [3.05, 3.63) is 67.1 Å². The van der Waals surface area contributed by atoms with E-state index in [0.29, 0.717) is 0 Å². The van der Waals surface area contributed by atoms with E-state index in [-0.39, 0.29) is 0 Å². The quantitative estimate of drug-likeness (QED) is 0.605. The summed E-state index contributed by atoms with van der Waals surface area (Å²) in [5.74, 6) is 1.56.